The lowest BCUT2D eigenvalue weighted by molar-refractivity contribution is -0.139. The van der Waals surface area contributed by atoms with Gasteiger partial charge in [-0.2, -0.15) is 0 Å². The Morgan fingerprint density at radius 2 is 2.08 bits per heavy atom. The highest BCUT2D eigenvalue weighted by molar-refractivity contribution is 5.89. The van der Waals surface area contributed by atoms with Gasteiger partial charge in [0.1, 0.15) is 6.04 Å². The molecule has 0 bridgehead atoms. The smallest absolute Gasteiger partial charge is 0.244 e. The number of nitrogens with zero attached hydrogens (tertiary/aromatic N) is 2. The Kier molecular flexibility index (Phi) is 2.90. The van der Waals surface area contributed by atoms with E-state index in [1.807, 2.05) is 0 Å². The lowest BCUT2D eigenvalue weighted by atomic mass is 10.2. The molecule has 13 heavy (non-hydrogen) atoms. The molecule has 73 valence electrons. The fourth-order valence-corrected chi connectivity index (χ4v) is 1.62. The first-order chi connectivity index (χ1) is 6.04. The average Bonchev–Trinajstić information content (AvgIpc) is 2.50. The topological polar surface area (TPSA) is 40.6 Å². The highest BCUT2D eigenvalue weighted by Crippen LogP contribution is 2.18. The molecular weight excluding hydrogens is 168 g/mol. The van der Waals surface area contributed by atoms with Gasteiger partial charge in [-0.25, -0.2) is 0 Å². The van der Waals surface area contributed by atoms with Crippen molar-refractivity contribution in [1.82, 2.24) is 9.80 Å². The van der Waals surface area contributed by atoms with Gasteiger partial charge in [0.25, 0.3) is 0 Å². The van der Waals surface area contributed by atoms with Crippen molar-refractivity contribution in [1.29, 1.82) is 0 Å². The summed E-state index contributed by atoms with van der Waals surface area (Å²) >= 11 is 0. The molecule has 0 aromatic carbocycles. The van der Waals surface area contributed by atoms with Gasteiger partial charge in [-0.1, -0.05) is 0 Å². The van der Waals surface area contributed by atoms with Gasteiger partial charge < -0.3 is 9.80 Å². The molecule has 0 spiro atoms. The Labute approximate surface area is 78.5 Å². The molecule has 2 amide bonds. The van der Waals surface area contributed by atoms with Crippen molar-refractivity contribution < 1.29 is 9.59 Å². The number of likely N-dealkylation sites (tertiary alicyclic amines) is 1. The molecule has 0 aliphatic carbocycles. The fourth-order valence-electron chi connectivity index (χ4n) is 1.62. The van der Waals surface area contributed by atoms with Crippen LogP contribution >= 0.6 is 0 Å². The molecule has 0 aromatic heterocycles. The third-order valence-electron chi connectivity index (χ3n) is 2.30. The maximum Gasteiger partial charge on any atom is 0.244 e. The van der Waals surface area contributed by atoms with Gasteiger partial charge in [-0.15, -0.1) is 0 Å². The first-order valence-corrected chi connectivity index (χ1v) is 4.37. The number of hydrogen-bond donors (Lipinski definition) is 0. The molecule has 4 nitrogen and oxygen atoms in total. The van der Waals surface area contributed by atoms with E-state index in [0.717, 1.165) is 12.8 Å². The van der Waals surface area contributed by atoms with Crippen molar-refractivity contribution in [2.45, 2.75) is 18.9 Å². The molecule has 1 atom stereocenters. The van der Waals surface area contributed by atoms with Crippen molar-refractivity contribution in [2.24, 2.45) is 0 Å². The number of carbonyl (C=O) groups is 2. The molecule has 1 saturated heterocycles. The van der Waals surface area contributed by atoms with Gasteiger partial charge >= 0.3 is 0 Å². The van der Waals surface area contributed by atoms with E-state index in [0.29, 0.717) is 6.54 Å². The predicted molar refractivity (Wildman–Crippen MR) is 48.8 cm³/mol. The minimum absolute atomic E-state index is 0.00509. The third kappa shape index (κ3) is 1.99. The summed E-state index contributed by atoms with van der Waals surface area (Å²) in [5, 5.41) is 0. The second-order valence-electron chi connectivity index (χ2n) is 3.48. The van der Waals surface area contributed by atoms with Crippen LogP contribution in [0.4, 0.5) is 0 Å². The summed E-state index contributed by atoms with van der Waals surface area (Å²) in [6.07, 6.45) is 1.66. The Bertz CT molecular complexity index is 226. The normalized spacial score (nSPS) is 21.8. The van der Waals surface area contributed by atoms with E-state index in [1.165, 1.54) is 4.90 Å². The van der Waals surface area contributed by atoms with E-state index in [-0.39, 0.29) is 17.9 Å². The van der Waals surface area contributed by atoms with Gasteiger partial charge in [0, 0.05) is 27.6 Å². The maximum absolute atomic E-state index is 11.6. The number of rotatable bonds is 1. The van der Waals surface area contributed by atoms with Crippen LogP contribution in [0.1, 0.15) is 12.8 Å². The lowest BCUT2D eigenvalue weighted by Crippen LogP contribution is -2.44. The molecule has 0 aromatic rings. The summed E-state index contributed by atoms with van der Waals surface area (Å²) in [5.41, 5.74) is 0. The van der Waals surface area contributed by atoms with E-state index in [9.17, 15) is 9.59 Å². The summed E-state index contributed by atoms with van der Waals surface area (Å²) in [5.74, 6) is -0.257. The molecule has 1 unspecified atom stereocenters. The highest BCUT2D eigenvalue weighted by Gasteiger charge is 2.32. The number of hydrogen-bond acceptors (Lipinski definition) is 2. The second-order valence-corrected chi connectivity index (χ2v) is 3.48. The zero-order valence-electron chi connectivity index (χ0n) is 8.12. The van der Waals surface area contributed by atoms with E-state index >= 15 is 0 Å². The van der Waals surface area contributed by atoms with Crippen LogP contribution in [0, 0.1) is 6.92 Å². The van der Waals surface area contributed by atoms with Crippen molar-refractivity contribution in [3.63, 3.8) is 0 Å². The zero-order chi connectivity index (χ0) is 10.0. The molecule has 1 aliphatic heterocycles. The van der Waals surface area contributed by atoms with Crippen LogP contribution in [-0.2, 0) is 9.59 Å². The Balaban J connectivity index is 2.68. The maximum atomic E-state index is 11.6. The molecule has 1 fully saturated rings. The van der Waals surface area contributed by atoms with Gasteiger partial charge in [0.2, 0.25) is 11.8 Å². The standard InChI is InChI=1S/C9H15N2O2/c1-7(12)11-6-4-5-8(11)9(13)10(2)3/h8H,1,4-6H2,2-3H3. The third-order valence-corrected chi connectivity index (χ3v) is 2.30. The van der Waals surface area contributed by atoms with E-state index < -0.39 is 0 Å². The van der Waals surface area contributed by atoms with Crippen molar-refractivity contribution in [3.05, 3.63) is 6.92 Å². The minimum atomic E-state index is -0.278. The van der Waals surface area contributed by atoms with E-state index in [4.69, 9.17) is 0 Å². The first-order valence-electron chi connectivity index (χ1n) is 4.37. The van der Waals surface area contributed by atoms with E-state index in [1.54, 1.807) is 19.0 Å². The molecule has 1 radical (unpaired) electrons. The number of amides is 2. The highest BCUT2D eigenvalue weighted by atomic mass is 16.2. The molecule has 1 rings (SSSR count). The van der Waals surface area contributed by atoms with Crippen LogP contribution in [0.5, 0.6) is 0 Å². The van der Waals surface area contributed by atoms with Crippen LogP contribution in [0.3, 0.4) is 0 Å². The van der Waals surface area contributed by atoms with Crippen LogP contribution in [0.25, 0.3) is 0 Å². The molecule has 4 heteroatoms. The van der Waals surface area contributed by atoms with Gasteiger partial charge in [0.05, 0.1) is 0 Å². The summed E-state index contributed by atoms with van der Waals surface area (Å²) in [6.45, 7) is 3.99. The zero-order valence-corrected chi connectivity index (χ0v) is 8.12. The molecule has 0 saturated carbocycles. The average molecular weight is 183 g/mol. The van der Waals surface area contributed by atoms with Crippen LogP contribution in [-0.4, -0.2) is 48.3 Å². The summed E-state index contributed by atoms with van der Waals surface area (Å²) in [4.78, 5) is 25.7. The van der Waals surface area contributed by atoms with Crippen LogP contribution in [0.15, 0.2) is 0 Å². The monoisotopic (exact) mass is 183 g/mol. The number of likely N-dealkylation sites (N-methyl/N-ethyl adjacent to an activating group) is 1. The quantitative estimate of drug-likeness (QED) is 0.569. The lowest BCUT2D eigenvalue weighted by Gasteiger charge is -2.24. The largest absolute Gasteiger partial charge is 0.347 e. The summed E-state index contributed by atoms with van der Waals surface area (Å²) in [6, 6.07) is -0.278. The van der Waals surface area contributed by atoms with E-state index in [2.05, 4.69) is 6.92 Å². The van der Waals surface area contributed by atoms with Crippen molar-refractivity contribution in [3.8, 4) is 0 Å². The summed E-state index contributed by atoms with van der Waals surface area (Å²) in [7, 11) is 3.40. The fraction of sp³-hybridized carbons (Fsp3) is 0.667. The van der Waals surface area contributed by atoms with Crippen LogP contribution in [0.2, 0.25) is 0 Å². The van der Waals surface area contributed by atoms with Gasteiger partial charge in [-0.05, 0) is 12.8 Å². The van der Waals surface area contributed by atoms with Crippen LogP contribution < -0.4 is 0 Å². The van der Waals surface area contributed by atoms with Gasteiger partial charge in [-0.3, -0.25) is 9.59 Å². The minimum Gasteiger partial charge on any atom is -0.347 e. The molecule has 0 N–H and O–H groups in total. The molecular formula is C9H15N2O2. The van der Waals surface area contributed by atoms with Crippen molar-refractivity contribution in [2.75, 3.05) is 20.6 Å². The second kappa shape index (κ2) is 3.77. The van der Waals surface area contributed by atoms with Crippen molar-refractivity contribution >= 4 is 11.8 Å². The Morgan fingerprint density at radius 3 is 2.54 bits per heavy atom. The number of carbonyl (C=O) groups excluding carboxylic acids is 2. The SMILES string of the molecule is [CH2]C(=O)N1CCCC1C(=O)N(C)C. The summed E-state index contributed by atoms with van der Waals surface area (Å²) < 4.78 is 0. The Morgan fingerprint density at radius 1 is 1.46 bits per heavy atom. The molecule has 1 aliphatic rings. The Hall–Kier alpha value is -1.06. The first kappa shape index (κ1) is 10.0. The predicted octanol–water partition coefficient (Wildman–Crippen LogP) is -0.100. The molecule has 1 heterocycles. The van der Waals surface area contributed by atoms with Gasteiger partial charge in [0.15, 0.2) is 0 Å².